The van der Waals surface area contributed by atoms with Gasteiger partial charge in [0, 0.05) is 5.39 Å². The van der Waals surface area contributed by atoms with Crippen LogP contribution in [0.5, 0.6) is 5.75 Å². The van der Waals surface area contributed by atoms with E-state index in [9.17, 15) is 0 Å². The van der Waals surface area contributed by atoms with E-state index in [1.807, 2.05) is 0 Å². The molecule has 0 saturated heterocycles. The molecular weight excluding hydrogens is 198 g/mol. The quantitative estimate of drug-likeness (QED) is 0.762. The first-order valence-electron chi connectivity index (χ1n) is 5.56. The fourth-order valence-electron chi connectivity index (χ4n) is 1.98. The summed E-state index contributed by atoms with van der Waals surface area (Å²) >= 11 is 0. The first-order valence-corrected chi connectivity index (χ1v) is 5.56. The standard InChI is InChI=1S/C14H17NO/c1-9(2)12-6-5-10(3)14-13(12)7-11(16-4)8-15-14/h5-9H,1-4H3. The van der Waals surface area contributed by atoms with Gasteiger partial charge < -0.3 is 4.74 Å². The van der Waals surface area contributed by atoms with E-state index in [0.717, 1.165) is 11.3 Å². The number of pyridine rings is 1. The fraction of sp³-hybridized carbons (Fsp3) is 0.357. The van der Waals surface area contributed by atoms with Crippen LogP contribution in [0.15, 0.2) is 24.4 Å². The smallest absolute Gasteiger partial charge is 0.137 e. The Kier molecular flexibility index (Phi) is 2.82. The Bertz CT molecular complexity index is 517. The van der Waals surface area contributed by atoms with Crippen LogP contribution >= 0.6 is 0 Å². The summed E-state index contributed by atoms with van der Waals surface area (Å²) in [5.41, 5.74) is 3.61. The summed E-state index contributed by atoms with van der Waals surface area (Å²) in [5, 5.41) is 1.20. The van der Waals surface area contributed by atoms with Gasteiger partial charge in [-0.25, -0.2) is 0 Å². The summed E-state index contributed by atoms with van der Waals surface area (Å²) in [6.45, 7) is 6.49. The van der Waals surface area contributed by atoms with Crippen molar-refractivity contribution < 1.29 is 4.74 Å². The summed E-state index contributed by atoms with van der Waals surface area (Å²) in [5.74, 6) is 1.32. The minimum atomic E-state index is 0.497. The monoisotopic (exact) mass is 215 g/mol. The van der Waals surface area contributed by atoms with Gasteiger partial charge in [0.15, 0.2) is 0 Å². The average Bonchev–Trinajstić information content (AvgIpc) is 2.28. The largest absolute Gasteiger partial charge is 0.495 e. The number of aromatic nitrogens is 1. The molecule has 2 heteroatoms. The molecule has 16 heavy (non-hydrogen) atoms. The lowest BCUT2D eigenvalue weighted by Crippen LogP contribution is -1.94. The highest BCUT2D eigenvalue weighted by atomic mass is 16.5. The van der Waals surface area contributed by atoms with Crippen molar-refractivity contribution in [3.05, 3.63) is 35.5 Å². The maximum absolute atomic E-state index is 5.23. The second kappa shape index (κ2) is 4.12. The van der Waals surface area contributed by atoms with E-state index in [0.29, 0.717) is 5.92 Å². The van der Waals surface area contributed by atoms with Crippen molar-refractivity contribution in [2.24, 2.45) is 0 Å². The van der Waals surface area contributed by atoms with Gasteiger partial charge in [0.25, 0.3) is 0 Å². The first-order chi connectivity index (χ1) is 7.63. The number of aryl methyl sites for hydroxylation is 1. The van der Waals surface area contributed by atoms with Crippen LogP contribution in [0.3, 0.4) is 0 Å². The maximum Gasteiger partial charge on any atom is 0.137 e. The molecule has 0 aliphatic carbocycles. The van der Waals surface area contributed by atoms with Crippen LogP contribution in [0, 0.1) is 6.92 Å². The van der Waals surface area contributed by atoms with E-state index in [1.54, 1.807) is 13.3 Å². The van der Waals surface area contributed by atoms with Crippen LogP contribution in [0.25, 0.3) is 10.9 Å². The predicted molar refractivity (Wildman–Crippen MR) is 67.1 cm³/mol. The highest BCUT2D eigenvalue weighted by molar-refractivity contribution is 5.86. The molecule has 0 unspecified atom stereocenters. The number of nitrogens with zero attached hydrogens (tertiary/aromatic N) is 1. The molecule has 0 radical (unpaired) electrons. The summed E-state index contributed by atoms with van der Waals surface area (Å²) in [7, 11) is 1.67. The first kappa shape index (κ1) is 10.9. The molecule has 2 aromatic rings. The molecule has 0 aliphatic rings. The molecule has 1 aromatic carbocycles. The summed E-state index contributed by atoms with van der Waals surface area (Å²) in [6, 6.07) is 6.39. The number of hydrogen-bond donors (Lipinski definition) is 0. The van der Waals surface area contributed by atoms with Crippen LogP contribution < -0.4 is 4.74 Å². The molecule has 0 fully saturated rings. The van der Waals surface area contributed by atoms with Gasteiger partial charge in [-0.1, -0.05) is 26.0 Å². The third-order valence-corrected chi connectivity index (χ3v) is 2.92. The van der Waals surface area contributed by atoms with Crippen molar-refractivity contribution >= 4 is 10.9 Å². The summed E-state index contributed by atoms with van der Waals surface area (Å²) in [6.07, 6.45) is 1.78. The molecular formula is C14H17NO. The molecule has 2 nitrogen and oxygen atoms in total. The fourth-order valence-corrected chi connectivity index (χ4v) is 1.98. The number of hydrogen-bond acceptors (Lipinski definition) is 2. The number of methoxy groups -OCH3 is 1. The zero-order valence-corrected chi connectivity index (χ0v) is 10.2. The molecule has 0 saturated carbocycles. The summed E-state index contributed by atoms with van der Waals surface area (Å²) in [4.78, 5) is 4.47. The van der Waals surface area contributed by atoms with E-state index in [1.165, 1.54) is 16.5 Å². The molecule has 0 aliphatic heterocycles. The van der Waals surface area contributed by atoms with Gasteiger partial charge in [-0.05, 0) is 30.0 Å². The Balaban J connectivity index is 2.77. The number of ether oxygens (including phenoxy) is 1. The maximum atomic E-state index is 5.23. The molecule has 1 aromatic heterocycles. The van der Waals surface area contributed by atoms with Crippen LogP contribution in [0.1, 0.15) is 30.9 Å². The molecule has 2 rings (SSSR count). The predicted octanol–water partition coefficient (Wildman–Crippen LogP) is 3.68. The van der Waals surface area contributed by atoms with E-state index >= 15 is 0 Å². The number of benzene rings is 1. The van der Waals surface area contributed by atoms with Crippen molar-refractivity contribution in [3.63, 3.8) is 0 Å². The Labute approximate surface area is 96.3 Å². The Morgan fingerprint density at radius 3 is 2.62 bits per heavy atom. The van der Waals surface area contributed by atoms with Crippen molar-refractivity contribution in [2.45, 2.75) is 26.7 Å². The molecule has 0 spiro atoms. The lowest BCUT2D eigenvalue weighted by Gasteiger charge is -2.12. The van der Waals surface area contributed by atoms with E-state index in [4.69, 9.17) is 4.74 Å². The molecule has 0 atom stereocenters. The van der Waals surface area contributed by atoms with Gasteiger partial charge in [0.2, 0.25) is 0 Å². The van der Waals surface area contributed by atoms with Crippen molar-refractivity contribution in [1.82, 2.24) is 4.98 Å². The van der Waals surface area contributed by atoms with Crippen LogP contribution in [0.4, 0.5) is 0 Å². The van der Waals surface area contributed by atoms with Gasteiger partial charge >= 0.3 is 0 Å². The van der Waals surface area contributed by atoms with Crippen LogP contribution in [-0.4, -0.2) is 12.1 Å². The Morgan fingerprint density at radius 2 is 2.00 bits per heavy atom. The zero-order valence-electron chi connectivity index (χ0n) is 10.2. The minimum Gasteiger partial charge on any atom is -0.495 e. The minimum absolute atomic E-state index is 0.497. The average molecular weight is 215 g/mol. The van der Waals surface area contributed by atoms with Gasteiger partial charge in [-0.3, -0.25) is 4.98 Å². The summed E-state index contributed by atoms with van der Waals surface area (Å²) < 4.78 is 5.23. The lowest BCUT2D eigenvalue weighted by atomic mass is 9.96. The van der Waals surface area contributed by atoms with Gasteiger partial charge in [0.1, 0.15) is 5.75 Å². The Hall–Kier alpha value is -1.57. The van der Waals surface area contributed by atoms with E-state index in [2.05, 4.69) is 44.0 Å². The molecule has 0 N–H and O–H groups in total. The van der Waals surface area contributed by atoms with E-state index in [-0.39, 0.29) is 0 Å². The normalized spacial score (nSPS) is 11.1. The second-order valence-electron chi connectivity index (χ2n) is 4.40. The second-order valence-corrected chi connectivity index (χ2v) is 4.40. The zero-order chi connectivity index (χ0) is 11.7. The third kappa shape index (κ3) is 1.75. The van der Waals surface area contributed by atoms with Crippen LogP contribution in [0.2, 0.25) is 0 Å². The topological polar surface area (TPSA) is 22.1 Å². The molecule has 0 amide bonds. The number of fused-ring (bicyclic) bond motifs is 1. The number of rotatable bonds is 2. The molecule has 84 valence electrons. The van der Waals surface area contributed by atoms with Gasteiger partial charge in [-0.2, -0.15) is 0 Å². The molecule has 0 bridgehead atoms. The highest BCUT2D eigenvalue weighted by Gasteiger charge is 2.08. The van der Waals surface area contributed by atoms with Gasteiger partial charge in [-0.15, -0.1) is 0 Å². The molecule has 1 heterocycles. The highest BCUT2D eigenvalue weighted by Crippen LogP contribution is 2.28. The third-order valence-electron chi connectivity index (χ3n) is 2.92. The van der Waals surface area contributed by atoms with Crippen molar-refractivity contribution in [1.29, 1.82) is 0 Å². The Morgan fingerprint density at radius 1 is 1.25 bits per heavy atom. The van der Waals surface area contributed by atoms with Gasteiger partial charge in [0.05, 0.1) is 18.8 Å². The SMILES string of the molecule is COc1cnc2c(C)ccc(C(C)C)c2c1. The lowest BCUT2D eigenvalue weighted by molar-refractivity contribution is 0.413. The van der Waals surface area contributed by atoms with Crippen LogP contribution in [-0.2, 0) is 0 Å². The van der Waals surface area contributed by atoms with Crippen molar-refractivity contribution in [3.8, 4) is 5.75 Å². The van der Waals surface area contributed by atoms with E-state index < -0.39 is 0 Å². The van der Waals surface area contributed by atoms with Crippen molar-refractivity contribution in [2.75, 3.05) is 7.11 Å².